The molecule has 0 aliphatic carbocycles. The fourth-order valence-electron chi connectivity index (χ4n) is 1.61. The van der Waals surface area contributed by atoms with Crippen LogP contribution in [0.5, 0.6) is 0 Å². The molecule has 0 radical (unpaired) electrons. The lowest BCUT2D eigenvalue weighted by molar-refractivity contribution is 0.156. The normalized spacial score (nSPS) is 14.9. The maximum absolute atomic E-state index is 9.04. The largest absolute Gasteiger partial charge is 0.395 e. The average molecular weight is 301 g/mol. The van der Waals surface area contributed by atoms with Crippen molar-refractivity contribution in [2.75, 3.05) is 20.2 Å². The van der Waals surface area contributed by atoms with Gasteiger partial charge in [-0.05, 0) is 38.1 Å². The summed E-state index contributed by atoms with van der Waals surface area (Å²) in [5.41, 5.74) is 7.29. The van der Waals surface area contributed by atoms with E-state index in [2.05, 4.69) is 26.9 Å². The SMILES string of the molecule is CC(CO)N(C)CCC(N)c1cccc(Br)c1. The minimum Gasteiger partial charge on any atom is -0.395 e. The first-order valence-electron chi connectivity index (χ1n) is 5.86. The summed E-state index contributed by atoms with van der Waals surface area (Å²) in [6.07, 6.45) is 0.886. The highest BCUT2D eigenvalue weighted by Crippen LogP contribution is 2.19. The molecule has 96 valence electrons. The van der Waals surface area contributed by atoms with Gasteiger partial charge in [0.25, 0.3) is 0 Å². The molecule has 0 aliphatic heterocycles. The first kappa shape index (κ1) is 14.6. The Balaban J connectivity index is 2.47. The minimum absolute atomic E-state index is 0.0424. The van der Waals surface area contributed by atoms with Crippen LogP contribution in [0.15, 0.2) is 28.7 Å². The van der Waals surface area contributed by atoms with E-state index in [1.807, 2.05) is 32.2 Å². The number of rotatable bonds is 6. The molecule has 0 amide bonds. The summed E-state index contributed by atoms with van der Waals surface area (Å²) in [7, 11) is 2.01. The summed E-state index contributed by atoms with van der Waals surface area (Å²) < 4.78 is 1.06. The number of aliphatic hydroxyl groups is 1. The van der Waals surface area contributed by atoms with Crippen molar-refractivity contribution in [1.82, 2.24) is 4.90 Å². The van der Waals surface area contributed by atoms with Gasteiger partial charge in [-0.2, -0.15) is 0 Å². The highest BCUT2D eigenvalue weighted by atomic mass is 79.9. The molecule has 1 rings (SSSR count). The van der Waals surface area contributed by atoms with Crippen LogP contribution in [0.4, 0.5) is 0 Å². The van der Waals surface area contributed by atoms with Crippen LogP contribution in [0.25, 0.3) is 0 Å². The zero-order valence-corrected chi connectivity index (χ0v) is 12.0. The van der Waals surface area contributed by atoms with Crippen molar-refractivity contribution in [1.29, 1.82) is 0 Å². The van der Waals surface area contributed by atoms with Crippen LogP contribution in [0.3, 0.4) is 0 Å². The zero-order chi connectivity index (χ0) is 12.8. The summed E-state index contributed by atoms with van der Waals surface area (Å²) in [6.45, 7) is 3.07. The van der Waals surface area contributed by atoms with Gasteiger partial charge in [0.05, 0.1) is 6.61 Å². The molecule has 3 N–H and O–H groups in total. The van der Waals surface area contributed by atoms with Crippen molar-refractivity contribution in [3.05, 3.63) is 34.3 Å². The Bertz CT molecular complexity index is 346. The Morgan fingerprint density at radius 1 is 1.47 bits per heavy atom. The maximum Gasteiger partial charge on any atom is 0.0584 e. The van der Waals surface area contributed by atoms with E-state index in [4.69, 9.17) is 10.8 Å². The van der Waals surface area contributed by atoms with E-state index in [9.17, 15) is 0 Å². The van der Waals surface area contributed by atoms with Crippen molar-refractivity contribution in [2.24, 2.45) is 5.73 Å². The summed E-state index contributed by atoms with van der Waals surface area (Å²) in [5, 5.41) is 9.04. The van der Waals surface area contributed by atoms with Crippen LogP contribution in [0.1, 0.15) is 24.9 Å². The molecule has 0 aliphatic rings. The lowest BCUT2D eigenvalue weighted by Gasteiger charge is -2.24. The molecule has 2 unspecified atom stereocenters. The maximum atomic E-state index is 9.04. The Labute approximate surface area is 112 Å². The predicted molar refractivity (Wildman–Crippen MR) is 74.9 cm³/mol. The third-order valence-corrected chi connectivity index (χ3v) is 3.58. The zero-order valence-electron chi connectivity index (χ0n) is 10.4. The molecule has 3 nitrogen and oxygen atoms in total. The van der Waals surface area contributed by atoms with Gasteiger partial charge in [0.15, 0.2) is 0 Å². The quantitative estimate of drug-likeness (QED) is 0.846. The summed E-state index contributed by atoms with van der Waals surface area (Å²) in [5.74, 6) is 0. The molecular formula is C13H21BrN2O. The second-order valence-electron chi connectivity index (χ2n) is 4.46. The van der Waals surface area contributed by atoms with Gasteiger partial charge in [-0.1, -0.05) is 28.1 Å². The predicted octanol–water partition coefficient (Wildman–Crippen LogP) is 2.15. The first-order valence-corrected chi connectivity index (χ1v) is 6.66. The number of aliphatic hydroxyl groups excluding tert-OH is 1. The standard InChI is InChI=1S/C13H21BrN2O/c1-10(9-17)16(2)7-6-13(15)11-4-3-5-12(14)8-11/h3-5,8,10,13,17H,6-7,9,15H2,1-2H3. The first-order chi connectivity index (χ1) is 8.04. The summed E-state index contributed by atoms with van der Waals surface area (Å²) in [6, 6.07) is 8.33. The summed E-state index contributed by atoms with van der Waals surface area (Å²) >= 11 is 3.45. The van der Waals surface area contributed by atoms with Gasteiger partial charge < -0.3 is 15.7 Å². The molecule has 17 heavy (non-hydrogen) atoms. The van der Waals surface area contributed by atoms with Crippen LogP contribution in [-0.2, 0) is 0 Å². The molecule has 0 saturated heterocycles. The van der Waals surface area contributed by atoms with Crippen LogP contribution < -0.4 is 5.73 Å². The number of hydrogen-bond donors (Lipinski definition) is 2. The third kappa shape index (κ3) is 4.76. The van der Waals surface area contributed by atoms with Crippen LogP contribution in [0.2, 0.25) is 0 Å². The fourth-order valence-corrected chi connectivity index (χ4v) is 2.02. The molecule has 0 saturated carbocycles. The van der Waals surface area contributed by atoms with Crippen LogP contribution >= 0.6 is 15.9 Å². The molecular weight excluding hydrogens is 280 g/mol. The van der Waals surface area contributed by atoms with Gasteiger partial charge in [-0.3, -0.25) is 0 Å². The van der Waals surface area contributed by atoms with Gasteiger partial charge in [0, 0.05) is 23.1 Å². The second-order valence-corrected chi connectivity index (χ2v) is 5.38. The lowest BCUT2D eigenvalue weighted by Crippen LogP contribution is -2.34. The van der Waals surface area contributed by atoms with E-state index >= 15 is 0 Å². The molecule has 0 aromatic heterocycles. The second kappa shape index (κ2) is 7.11. The Kier molecular flexibility index (Phi) is 6.12. The number of likely N-dealkylation sites (N-methyl/N-ethyl adjacent to an activating group) is 1. The number of hydrogen-bond acceptors (Lipinski definition) is 3. The molecule has 1 aromatic carbocycles. The molecule has 4 heteroatoms. The highest BCUT2D eigenvalue weighted by Gasteiger charge is 2.11. The molecule has 1 aromatic rings. The lowest BCUT2D eigenvalue weighted by atomic mass is 10.0. The number of halogens is 1. The highest BCUT2D eigenvalue weighted by molar-refractivity contribution is 9.10. The van der Waals surface area contributed by atoms with Gasteiger partial charge in [-0.15, -0.1) is 0 Å². The van der Waals surface area contributed by atoms with E-state index in [1.165, 1.54) is 0 Å². The smallest absolute Gasteiger partial charge is 0.0584 e. The number of benzene rings is 1. The molecule has 0 fully saturated rings. The average Bonchev–Trinajstić information content (AvgIpc) is 2.34. The molecule has 0 spiro atoms. The van der Waals surface area contributed by atoms with Crippen molar-refractivity contribution in [3.63, 3.8) is 0 Å². The Hall–Kier alpha value is -0.420. The van der Waals surface area contributed by atoms with Crippen molar-refractivity contribution in [2.45, 2.75) is 25.4 Å². The Morgan fingerprint density at radius 3 is 2.76 bits per heavy atom. The van der Waals surface area contributed by atoms with E-state index in [1.54, 1.807) is 0 Å². The van der Waals surface area contributed by atoms with Gasteiger partial charge in [0.2, 0.25) is 0 Å². The fraction of sp³-hybridized carbons (Fsp3) is 0.538. The summed E-state index contributed by atoms with van der Waals surface area (Å²) in [4.78, 5) is 2.12. The monoisotopic (exact) mass is 300 g/mol. The molecule has 2 atom stereocenters. The Morgan fingerprint density at radius 2 is 2.18 bits per heavy atom. The van der Waals surface area contributed by atoms with Crippen molar-refractivity contribution >= 4 is 15.9 Å². The van der Waals surface area contributed by atoms with Gasteiger partial charge in [0.1, 0.15) is 0 Å². The van der Waals surface area contributed by atoms with Gasteiger partial charge >= 0.3 is 0 Å². The van der Waals surface area contributed by atoms with Crippen LogP contribution in [0, 0.1) is 0 Å². The van der Waals surface area contributed by atoms with E-state index in [-0.39, 0.29) is 18.7 Å². The number of nitrogens with two attached hydrogens (primary N) is 1. The topological polar surface area (TPSA) is 49.5 Å². The number of nitrogens with zero attached hydrogens (tertiary/aromatic N) is 1. The van der Waals surface area contributed by atoms with E-state index in [0.717, 1.165) is 23.0 Å². The molecule has 0 bridgehead atoms. The molecule has 0 heterocycles. The third-order valence-electron chi connectivity index (χ3n) is 3.09. The van der Waals surface area contributed by atoms with Gasteiger partial charge in [-0.25, -0.2) is 0 Å². The minimum atomic E-state index is 0.0424. The van der Waals surface area contributed by atoms with E-state index in [0.29, 0.717) is 0 Å². The van der Waals surface area contributed by atoms with Crippen molar-refractivity contribution in [3.8, 4) is 0 Å². The van der Waals surface area contributed by atoms with Crippen LogP contribution in [-0.4, -0.2) is 36.2 Å². The van der Waals surface area contributed by atoms with E-state index < -0.39 is 0 Å². The van der Waals surface area contributed by atoms with Crippen molar-refractivity contribution < 1.29 is 5.11 Å².